The molecule has 3 rings (SSSR count). The molecule has 1 saturated carbocycles. The lowest BCUT2D eigenvalue weighted by Gasteiger charge is -2.08. The van der Waals surface area contributed by atoms with Crippen molar-refractivity contribution in [3.8, 4) is 0 Å². The summed E-state index contributed by atoms with van der Waals surface area (Å²) in [5.41, 5.74) is 1.80. The van der Waals surface area contributed by atoms with Crippen molar-refractivity contribution in [2.24, 2.45) is 5.92 Å². The molecular weight excluding hydrogens is 318 g/mol. The van der Waals surface area contributed by atoms with Gasteiger partial charge in [0.25, 0.3) is 5.56 Å². The lowest BCUT2D eigenvalue weighted by molar-refractivity contribution is 0.639. The largest absolute Gasteiger partial charge is 0.383 e. The molecule has 104 valence electrons. The van der Waals surface area contributed by atoms with E-state index >= 15 is 0 Å². The highest BCUT2D eigenvalue weighted by molar-refractivity contribution is 9.10. The van der Waals surface area contributed by atoms with Crippen molar-refractivity contribution in [1.82, 2.24) is 9.78 Å². The highest BCUT2D eigenvalue weighted by Crippen LogP contribution is 2.28. The second-order valence-corrected chi connectivity index (χ2v) is 6.11. The molecule has 0 amide bonds. The topological polar surface area (TPSA) is 46.9 Å². The minimum atomic E-state index is -0.0753. The SMILES string of the molecule is O=c1cc(NCC2CC2)cnn1Cc1ccc(Br)cc1. The van der Waals surface area contributed by atoms with E-state index in [-0.39, 0.29) is 5.56 Å². The first-order chi connectivity index (χ1) is 9.70. The van der Waals surface area contributed by atoms with Gasteiger partial charge in [-0.1, -0.05) is 28.1 Å². The molecule has 1 aromatic carbocycles. The van der Waals surface area contributed by atoms with Crippen LogP contribution in [0.5, 0.6) is 0 Å². The zero-order valence-corrected chi connectivity index (χ0v) is 12.6. The van der Waals surface area contributed by atoms with Crippen LogP contribution in [0.4, 0.5) is 5.69 Å². The first kappa shape index (κ1) is 13.4. The maximum absolute atomic E-state index is 12.0. The Hall–Kier alpha value is -1.62. The molecule has 4 nitrogen and oxygen atoms in total. The van der Waals surface area contributed by atoms with Crippen LogP contribution in [-0.4, -0.2) is 16.3 Å². The van der Waals surface area contributed by atoms with Gasteiger partial charge < -0.3 is 5.32 Å². The minimum Gasteiger partial charge on any atom is -0.383 e. The van der Waals surface area contributed by atoms with Crippen LogP contribution in [0.2, 0.25) is 0 Å². The standard InChI is InChI=1S/C15H16BrN3O/c16-13-5-3-12(4-6-13)10-19-15(20)7-14(9-18-19)17-8-11-1-2-11/h3-7,9,11,17H,1-2,8,10H2. The molecule has 1 aliphatic carbocycles. The summed E-state index contributed by atoms with van der Waals surface area (Å²) < 4.78 is 2.51. The number of benzene rings is 1. The summed E-state index contributed by atoms with van der Waals surface area (Å²) in [6.07, 6.45) is 4.31. The van der Waals surface area contributed by atoms with Crippen LogP contribution in [0.25, 0.3) is 0 Å². The molecule has 0 aliphatic heterocycles. The predicted octanol–water partition coefficient (Wildman–Crippen LogP) is 2.88. The fraction of sp³-hybridized carbons (Fsp3) is 0.333. The Balaban J connectivity index is 1.69. The molecule has 5 heteroatoms. The van der Waals surface area contributed by atoms with E-state index in [1.54, 1.807) is 12.3 Å². The van der Waals surface area contributed by atoms with Crippen LogP contribution in [0.1, 0.15) is 18.4 Å². The Kier molecular flexibility index (Phi) is 3.87. The van der Waals surface area contributed by atoms with Gasteiger partial charge in [0.05, 0.1) is 18.4 Å². The van der Waals surface area contributed by atoms with Crippen molar-refractivity contribution in [3.63, 3.8) is 0 Å². The molecule has 1 fully saturated rings. The smallest absolute Gasteiger partial charge is 0.269 e. The molecule has 1 heterocycles. The lowest BCUT2D eigenvalue weighted by Crippen LogP contribution is -2.23. The monoisotopic (exact) mass is 333 g/mol. The lowest BCUT2D eigenvalue weighted by atomic mass is 10.2. The average molecular weight is 334 g/mol. The van der Waals surface area contributed by atoms with Crippen LogP contribution in [0, 0.1) is 5.92 Å². The molecule has 0 radical (unpaired) electrons. The van der Waals surface area contributed by atoms with Crippen molar-refractivity contribution >= 4 is 21.6 Å². The number of aromatic nitrogens is 2. The number of halogens is 1. The van der Waals surface area contributed by atoms with Crippen LogP contribution in [-0.2, 0) is 6.54 Å². The second-order valence-electron chi connectivity index (χ2n) is 5.19. The van der Waals surface area contributed by atoms with E-state index < -0.39 is 0 Å². The van der Waals surface area contributed by atoms with Crippen molar-refractivity contribution in [2.75, 3.05) is 11.9 Å². The fourth-order valence-corrected chi connectivity index (χ4v) is 2.26. The highest BCUT2D eigenvalue weighted by atomic mass is 79.9. The summed E-state index contributed by atoms with van der Waals surface area (Å²) in [7, 11) is 0. The molecule has 1 aliphatic rings. The summed E-state index contributed by atoms with van der Waals surface area (Å²) in [5.74, 6) is 0.778. The van der Waals surface area contributed by atoms with Crippen molar-refractivity contribution < 1.29 is 0 Å². The van der Waals surface area contributed by atoms with Gasteiger partial charge in [0.1, 0.15) is 0 Å². The summed E-state index contributed by atoms with van der Waals surface area (Å²) >= 11 is 3.40. The Labute approximate surface area is 126 Å². The van der Waals surface area contributed by atoms with Gasteiger partial charge in [0, 0.05) is 17.1 Å². The summed E-state index contributed by atoms with van der Waals surface area (Å²) in [6, 6.07) is 9.51. The molecule has 0 unspecified atom stereocenters. The third kappa shape index (κ3) is 3.48. The normalized spacial score (nSPS) is 14.2. The van der Waals surface area contributed by atoms with Crippen molar-refractivity contribution in [3.05, 3.63) is 56.9 Å². The van der Waals surface area contributed by atoms with Gasteiger partial charge in [-0.25, -0.2) is 4.68 Å². The molecular formula is C15H16BrN3O. The molecule has 0 saturated heterocycles. The molecule has 20 heavy (non-hydrogen) atoms. The van der Waals surface area contributed by atoms with Gasteiger partial charge in [-0.2, -0.15) is 5.10 Å². The predicted molar refractivity (Wildman–Crippen MR) is 83.0 cm³/mol. The van der Waals surface area contributed by atoms with E-state index in [4.69, 9.17) is 0 Å². The number of hydrogen-bond acceptors (Lipinski definition) is 3. The van der Waals surface area contributed by atoms with Gasteiger partial charge in [-0.15, -0.1) is 0 Å². The maximum Gasteiger partial charge on any atom is 0.269 e. The minimum absolute atomic E-state index is 0.0753. The van der Waals surface area contributed by atoms with E-state index in [1.807, 2.05) is 24.3 Å². The number of nitrogens with one attached hydrogen (secondary N) is 1. The molecule has 0 spiro atoms. The van der Waals surface area contributed by atoms with Gasteiger partial charge in [0.15, 0.2) is 0 Å². The quantitative estimate of drug-likeness (QED) is 0.915. The average Bonchev–Trinajstić information content (AvgIpc) is 3.26. The van der Waals surface area contributed by atoms with E-state index in [0.29, 0.717) is 6.54 Å². The summed E-state index contributed by atoms with van der Waals surface area (Å²) in [4.78, 5) is 12.0. The van der Waals surface area contributed by atoms with Crippen molar-refractivity contribution in [2.45, 2.75) is 19.4 Å². The second kappa shape index (κ2) is 5.79. The van der Waals surface area contributed by atoms with Crippen LogP contribution in [0.15, 0.2) is 45.8 Å². The number of rotatable bonds is 5. The Morgan fingerprint density at radius 3 is 2.70 bits per heavy atom. The van der Waals surface area contributed by atoms with Crippen LogP contribution >= 0.6 is 15.9 Å². The Bertz CT molecular complexity index is 647. The Morgan fingerprint density at radius 2 is 2.05 bits per heavy atom. The first-order valence-electron chi connectivity index (χ1n) is 6.76. The Morgan fingerprint density at radius 1 is 1.30 bits per heavy atom. The van der Waals surface area contributed by atoms with Gasteiger partial charge in [0.2, 0.25) is 0 Å². The van der Waals surface area contributed by atoms with Crippen molar-refractivity contribution in [1.29, 1.82) is 0 Å². The first-order valence-corrected chi connectivity index (χ1v) is 7.55. The van der Waals surface area contributed by atoms with Gasteiger partial charge >= 0.3 is 0 Å². The summed E-state index contributed by atoms with van der Waals surface area (Å²) in [5, 5.41) is 7.49. The fourth-order valence-electron chi connectivity index (χ4n) is 2.00. The van der Waals surface area contributed by atoms with E-state index in [1.165, 1.54) is 17.5 Å². The maximum atomic E-state index is 12.0. The molecule has 1 N–H and O–H groups in total. The number of nitrogens with zero attached hydrogens (tertiary/aromatic N) is 2. The molecule has 0 atom stereocenters. The summed E-state index contributed by atoms with van der Waals surface area (Å²) in [6.45, 7) is 1.44. The third-order valence-electron chi connectivity index (χ3n) is 3.41. The van der Waals surface area contributed by atoms with Crippen LogP contribution in [0.3, 0.4) is 0 Å². The molecule has 0 bridgehead atoms. The molecule has 1 aromatic heterocycles. The highest BCUT2D eigenvalue weighted by Gasteiger charge is 2.20. The van der Waals surface area contributed by atoms with E-state index in [0.717, 1.165) is 28.2 Å². The zero-order chi connectivity index (χ0) is 13.9. The molecule has 2 aromatic rings. The van der Waals surface area contributed by atoms with Crippen LogP contribution < -0.4 is 10.9 Å². The van der Waals surface area contributed by atoms with Gasteiger partial charge in [-0.05, 0) is 36.5 Å². The number of hydrogen-bond donors (Lipinski definition) is 1. The van der Waals surface area contributed by atoms with E-state index in [2.05, 4.69) is 26.3 Å². The van der Waals surface area contributed by atoms with Gasteiger partial charge in [-0.3, -0.25) is 4.79 Å². The zero-order valence-electron chi connectivity index (χ0n) is 11.1. The van der Waals surface area contributed by atoms with E-state index in [9.17, 15) is 4.79 Å². The number of anilines is 1. The third-order valence-corrected chi connectivity index (χ3v) is 3.94.